The topological polar surface area (TPSA) is 77.0 Å². The molecule has 4 heterocycles. The van der Waals surface area contributed by atoms with E-state index in [9.17, 15) is 9.18 Å². The molecule has 2 aromatic carbocycles. The minimum Gasteiger partial charge on any atom is -0.482 e. The highest BCUT2D eigenvalue weighted by molar-refractivity contribution is 6.30. The second kappa shape index (κ2) is 8.45. The summed E-state index contributed by atoms with van der Waals surface area (Å²) < 4.78 is 20.1. The molecule has 8 heteroatoms. The van der Waals surface area contributed by atoms with Gasteiger partial charge >= 0.3 is 0 Å². The predicted molar refractivity (Wildman–Crippen MR) is 133 cm³/mol. The lowest BCUT2D eigenvalue weighted by atomic mass is 9.98. The van der Waals surface area contributed by atoms with Crippen LogP contribution in [0.4, 0.5) is 10.1 Å². The van der Waals surface area contributed by atoms with Crippen LogP contribution in [0.5, 0.6) is 5.75 Å². The van der Waals surface area contributed by atoms with Crippen molar-refractivity contribution in [2.75, 3.05) is 11.9 Å². The summed E-state index contributed by atoms with van der Waals surface area (Å²) >= 11 is 6.13. The first-order valence-electron chi connectivity index (χ1n) is 10.8. The first-order chi connectivity index (χ1) is 17.0. The number of pyridine rings is 3. The molecule has 0 aliphatic carbocycles. The molecule has 3 aromatic heterocycles. The number of ether oxygens (including phenoxy) is 1. The third kappa shape index (κ3) is 3.96. The average Bonchev–Trinajstić information content (AvgIpc) is 2.89. The molecule has 0 unspecified atom stereocenters. The highest BCUT2D eigenvalue weighted by atomic mass is 35.5. The Bertz CT molecular complexity index is 1640. The number of nitrogens with zero attached hydrogens (tertiary/aromatic N) is 3. The number of fused-ring (bicyclic) bond motifs is 2. The van der Waals surface area contributed by atoms with Crippen molar-refractivity contribution in [2.24, 2.45) is 0 Å². The summed E-state index contributed by atoms with van der Waals surface area (Å²) in [4.78, 5) is 25.2. The molecule has 170 valence electrons. The lowest BCUT2D eigenvalue weighted by Crippen LogP contribution is -2.25. The molecule has 1 N–H and O–H groups in total. The maximum Gasteiger partial charge on any atom is 0.262 e. The molecule has 0 radical (unpaired) electrons. The van der Waals surface area contributed by atoms with Gasteiger partial charge in [-0.3, -0.25) is 9.78 Å². The highest BCUT2D eigenvalue weighted by Gasteiger charge is 2.18. The van der Waals surface area contributed by atoms with Gasteiger partial charge in [-0.05, 0) is 65.7 Å². The zero-order valence-corrected chi connectivity index (χ0v) is 18.9. The van der Waals surface area contributed by atoms with E-state index >= 15 is 0 Å². The Balaban J connectivity index is 1.50. The van der Waals surface area contributed by atoms with Gasteiger partial charge in [-0.1, -0.05) is 17.7 Å². The number of benzene rings is 2. The summed E-state index contributed by atoms with van der Waals surface area (Å²) in [5.41, 5.74) is 5.13. The normalized spacial score (nSPS) is 12.7. The fraction of sp³-hybridized carbons (Fsp3) is 0.0370. The van der Waals surface area contributed by atoms with Crippen molar-refractivity contribution in [3.05, 3.63) is 90.1 Å². The smallest absolute Gasteiger partial charge is 0.262 e. The van der Waals surface area contributed by atoms with Crippen LogP contribution in [0, 0.1) is 5.82 Å². The summed E-state index contributed by atoms with van der Waals surface area (Å²) in [6.45, 7) is 0.00208. The monoisotopic (exact) mass is 482 g/mol. The Labute approximate surface area is 204 Å². The van der Waals surface area contributed by atoms with Crippen LogP contribution in [0.3, 0.4) is 0 Å². The van der Waals surface area contributed by atoms with Crippen molar-refractivity contribution in [2.45, 2.75) is 0 Å². The first-order valence-corrected chi connectivity index (χ1v) is 11.2. The standard InChI is InChI=1S/C27H16ClFN4O2/c28-18-4-5-22(29)21(10-18)23-11-20(19-2-1-7-31-27(19)33-23)17-8-16(12-30-13-17)15-3-6-25-24(9-15)32-26(34)14-35-25/h1-13H,14H2,(H,32,34). The number of hydrogen-bond donors (Lipinski definition) is 1. The van der Waals surface area contributed by atoms with E-state index < -0.39 is 5.82 Å². The van der Waals surface area contributed by atoms with Gasteiger partial charge in [0.25, 0.3) is 5.91 Å². The number of aromatic nitrogens is 3. The van der Waals surface area contributed by atoms with E-state index in [1.54, 1.807) is 24.7 Å². The Hall–Kier alpha value is -4.36. The van der Waals surface area contributed by atoms with E-state index in [1.165, 1.54) is 12.1 Å². The molecule has 0 atom stereocenters. The molecule has 6 nitrogen and oxygen atoms in total. The highest BCUT2D eigenvalue weighted by Crippen LogP contribution is 2.36. The number of rotatable bonds is 3. The molecule has 0 spiro atoms. The van der Waals surface area contributed by atoms with Crippen molar-refractivity contribution in [1.29, 1.82) is 0 Å². The van der Waals surface area contributed by atoms with E-state index in [4.69, 9.17) is 16.3 Å². The van der Waals surface area contributed by atoms with Gasteiger partial charge in [0.05, 0.1) is 11.4 Å². The summed E-state index contributed by atoms with van der Waals surface area (Å²) in [5, 5.41) is 4.05. The fourth-order valence-electron chi connectivity index (χ4n) is 4.14. The van der Waals surface area contributed by atoms with E-state index in [0.717, 1.165) is 27.6 Å². The molecule has 0 saturated heterocycles. The first kappa shape index (κ1) is 21.2. The molecule has 6 rings (SSSR count). The number of hydrogen-bond acceptors (Lipinski definition) is 5. The van der Waals surface area contributed by atoms with Crippen molar-refractivity contribution < 1.29 is 13.9 Å². The van der Waals surface area contributed by atoms with Crippen LogP contribution in [-0.2, 0) is 4.79 Å². The van der Waals surface area contributed by atoms with Gasteiger partial charge < -0.3 is 10.1 Å². The van der Waals surface area contributed by atoms with Crippen LogP contribution in [0.1, 0.15) is 0 Å². The van der Waals surface area contributed by atoms with Crippen molar-refractivity contribution in [3.63, 3.8) is 0 Å². The molecule has 1 amide bonds. The Kier molecular flexibility index (Phi) is 5.12. The number of anilines is 1. The Morgan fingerprint density at radius 3 is 2.74 bits per heavy atom. The molecular formula is C27H16ClFN4O2. The van der Waals surface area contributed by atoms with E-state index in [2.05, 4.69) is 20.3 Å². The van der Waals surface area contributed by atoms with Gasteiger partial charge in [0.2, 0.25) is 0 Å². The van der Waals surface area contributed by atoms with Crippen LogP contribution >= 0.6 is 11.6 Å². The molecular weight excluding hydrogens is 467 g/mol. The predicted octanol–water partition coefficient (Wildman–Crippen LogP) is 6.15. The molecule has 5 aromatic rings. The summed E-state index contributed by atoms with van der Waals surface area (Å²) in [7, 11) is 0. The Morgan fingerprint density at radius 1 is 0.943 bits per heavy atom. The number of carbonyl (C=O) groups excluding carboxylic acids is 1. The molecule has 35 heavy (non-hydrogen) atoms. The minimum absolute atomic E-state index is 0.00208. The summed E-state index contributed by atoms with van der Waals surface area (Å²) in [6.07, 6.45) is 5.14. The van der Waals surface area contributed by atoms with Crippen LogP contribution in [-0.4, -0.2) is 27.5 Å². The number of amides is 1. The molecule has 0 saturated carbocycles. The average molecular weight is 483 g/mol. The zero-order chi connectivity index (χ0) is 23.9. The third-order valence-electron chi connectivity index (χ3n) is 5.78. The zero-order valence-electron chi connectivity index (χ0n) is 18.1. The second-order valence-corrected chi connectivity index (χ2v) is 8.50. The summed E-state index contributed by atoms with van der Waals surface area (Å²) in [6, 6.07) is 17.5. The number of nitrogens with one attached hydrogen (secondary N) is 1. The van der Waals surface area contributed by atoms with E-state index in [1.807, 2.05) is 42.5 Å². The SMILES string of the molecule is O=C1COc2ccc(-c3cncc(-c4cc(-c5cc(Cl)ccc5F)nc5ncccc45)c3)cc2N1. The van der Waals surface area contributed by atoms with Crippen molar-refractivity contribution in [3.8, 4) is 39.3 Å². The lowest BCUT2D eigenvalue weighted by molar-refractivity contribution is -0.118. The third-order valence-corrected chi connectivity index (χ3v) is 6.02. The maximum atomic E-state index is 14.7. The van der Waals surface area contributed by atoms with E-state index in [-0.39, 0.29) is 12.5 Å². The van der Waals surface area contributed by atoms with Gasteiger partial charge in [0.15, 0.2) is 12.3 Å². The minimum atomic E-state index is -0.423. The molecule has 0 fully saturated rings. The van der Waals surface area contributed by atoms with Crippen LogP contribution in [0.25, 0.3) is 44.5 Å². The van der Waals surface area contributed by atoms with Gasteiger partial charge in [0.1, 0.15) is 11.6 Å². The lowest BCUT2D eigenvalue weighted by Gasteiger charge is -2.18. The van der Waals surface area contributed by atoms with Crippen LogP contribution < -0.4 is 10.1 Å². The van der Waals surface area contributed by atoms with Crippen LogP contribution in [0.15, 0.2) is 79.3 Å². The number of carbonyl (C=O) groups is 1. The van der Waals surface area contributed by atoms with Gasteiger partial charge in [0, 0.05) is 45.7 Å². The van der Waals surface area contributed by atoms with E-state index in [0.29, 0.717) is 33.4 Å². The van der Waals surface area contributed by atoms with Crippen molar-refractivity contribution in [1.82, 2.24) is 15.0 Å². The summed E-state index contributed by atoms with van der Waals surface area (Å²) in [5.74, 6) is 0.00301. The van der Waals surface area contributed by atoms with Gasteiger partial charge in [-0.25, -0.2) is 14.4 Å². The van der Waals surface area contributed by atoms with Gasteiger partial charge in [-0.2, -0.15) is 0 Å². The van der Waals surface area contributed by atoms with Gasteiger partial charge in [-0.15, -0.1) is 0 Å². The molecule has 0 bridgehead atoms. The Morgan fingerprint density at radius 2 is 1.83 bits per heavy atom. The quantitative estimate of drug-likeness (QED) is 0.334. The van der Waals surface area contributed by atoms with Crippen LogP contribution in [0.2, 0.25) is 5.02 Å². The second-order valence-electron chi connectivity index (χ2n) is 8.06. The van der Waals surface area contributed by atoms with Crippen molar-refractivity contribution >= 4 is 34.2 Å². The fourth-order valence-corrected chi connectivity index (χ4v) is 4.31. The maximum absolute atomic E-state index is 14.7. The molecule has 1 aliphatic heterocycles. The largest absolute Gasteiger partial charge is 0.482 e. The molecule has 1 aliphatic rings. The number of halogens is 2.